The summed E-state index contributed by atoms with van der Waals surface area (Å²) in [5.74, 6) is 0.944. The van der Waals surface area contributed by atoms with E-state index in [2.05, 4.69) is 79.1 Å². The molecule has 6 nitrogen and oxygen atoms in total. The number of H-pyrrole nitrogens is 1. The Bertz CT molecular complexity index is 1220. The summed E-state index contributed by atoms with van der Waals surface area (Å²) in [6.45, 7) is 13.5. The first-order valence-electron chi connectivity index (χ1n) is 11.5. The number of nitrogens with zero attached hydrogens (tertiary/aromatic N) is 5. The number of likely N-dealkylation sites (tertiary alicyclic amines) is 1. The zero-order valence-electron chi connectivity index (χ0n) is 19.2. The van der Waals surface area contributed by atoms with Gasteiger partial charge in [-0.2, -0.15) is 10.2 Å². The van der Waals surface area contributed by atoms with Crippen LogP contribution in [0.5, 0.6) is 0 Å². The van der Waals surface area contributed by atoms with Gasteiger partial charge in [0.05, 0.1) is 11.2 Å². The second kappa shape index (κ2) is 7.75. The number of pyridine rings is 1. The monoisotopic (exact) mass is 416 g/mol. The number of benzene rings is 1. The van der Waals surface area contributed by atoms with Crippen LogP contribution in [0.25, 0.3) is 27.7 Å². The van der Waals surface area contributed by atoms with Crippen molar-refractivity contribution in [2.24, 2.45) is 0 Å². The number of piperidine rings is 1. The smallest absolute Gasteiger partial charge is 0.158 e. The highest BCUT2D eigenvalue weighted by molar-refractivity contribution is 5.89. The lowest BCUT2D eigenvalue weighted by Crippen LogP contribution is -2.37. The molecule has 4 aromatic rings. The van der Waals surface area contributed by atoms with E-state index in [1.54, 1.807) is 6.33 Å². The molecule has 162 valence electrons. The van der Waals surface area contributed by atoms with Crippen LogP contribution in [-0.2, 0) is 0 Å². The van der Waals surface area contributed by atoms with E-state index in [-0.39, 0.29) is 0 Å². The summed E-state index contributed by atoms with van der Waals surface area (Å²) >= 11 is 0. The first kappa shape index (κ1) is 20.2. The number of fused-ring (bicyclic) bond motifs is 2. The summed E-state index contributed by atoms with van der Waals surface area (Å²) in [7, 11) is 0. The molecule has 0 aliphatic carbocycles. The third-order valence-electron chi connectivity index (χ3n) is 6.90. The molecular formula is C25H32N6. The number of nitrogens with one attached hydrogen (secondary N) is 1. The fourth-order valence-corrected chi connectivity index (χ4v) is 5.07. The van der Waals surface area contributed by atoms with Gasteiger partial charge in [0.25, 0.3) is 0 Å². The zero-order valence-corrected chi connectivity index (χ0v) is 19.2. The molecule has 4 heterocycles. The number of rotatable bonds is 4. The molecule has 1 aromatic carbocycles. The molecule has 31 heavy (non-hydrogen) atoms. The van der Waals surface area contributed by atoms with Crippen molar-refractivity contribution >= 4 is 16.6 Å². The molecule has 0 amide bonds. The highest BCUT2D eigenvalue weighted by Crippen LogP contribution is 2.38. The van der Waals surface area contributed by atoms with Gasteiger partial charge in [-0.25, -0.2) is 9.50 Å². The molecule has 5 rings (SSSR count). The molecule has 0 unspecified atom stereocenters. The maximum atomic E-state index is 4.81. The van der Waals surface area contributed by atoms with E-state index >= 15 is 0 Å². The van der Waals surface area contributed by atoms with Gasteiger partial charge >= 0.3 is 0 Å². The number of aromatic amines is 1. The second-order valence-corrected chi connectivity index (χ2v) is 9.59. The van der Waals surface area contributed by atoms with E-state index in [0.717, 1.165) is 29.8 Å². The van der Waals surface area contributed by atoms with Gasteiger partial charge < -0.3 is 4.90 Å². The van der Waals surface area contributed by atoms with Gasteiger partial charge in [0.2, 0.25) is 0 Å². The van der Waals surface area contributed by atoms with Crippen molar-refractivity contribution in [3.8, 4) is 11.1 Å². The molecule has 0 radical (unpaired) electrons. The van der Waals surface area contributed by atoms with E-state index in [1.165, 1.54) is 40.6 Å². The van der Waals surface area contributed by atoms with Crippen LogP contribution in [0.15, 0.2) is 30.7 Å². The van der Waals surface area contributed by atoms with E-state index < -0.39 is 0 Å². The summed E-state index contributed by atoms with van der Waals surface area (Å²) in [6.07, 6.45) is 6.06. The molecule has 1 N–H and O–H groups in total. The van der Waals surface area contributed by atoms with Crippen LogP contribution in [0.2, 0.25) is 0 Å². The molecule has 0 bridgehead atoms. The van der Waals surface area contributed by atoms with Gasteiger partial charge in [-0.1, -0.05) is 13.8 Å². The Morgan fingerprint density at radius 1 is 1.06 bits per heavy atom. The quantitative estimate of drug-likeness (QED) is 0.491. The predicted molar refractivity (Wildman–Crippen MR) is 126 cm³/mol. The average molecular weight is 417 g/mol. The maximum Gasteiger partial charge on any atom is 0.158 e. The number of hydrogen-bond donors (Lipinski definition) is 1. The summed E-state index contributed by atoms with van der Waals surface area (Å²) < 4.78 is 1.87. The van der Waals surface area contributed by atoms with Crippen molar-refractivity contribution in [3.05, 3.63) is 47.5 Å². The molecule has 6 heteroatoms. The fraction of sp³-hybridized carbons (Fsp3) is 0.480. The summed E-state index contributed by atoms with van der Waals surface area (Å²) in [6, 6.07) is 7.50. The van der Waals surface area contributed by atoms with E-state index in [9.17, 15) is 0 Å². The Balaban J connectivity index is 1.57. The normalized spacial score (nSPS) is 16.4. The zero-order chi connectivity index (χ0) is 21.7. The van der Waals surface area contributed by atoms with Gasteiger partial charge in [-0.3, -0.25) is 5.10 Å². The van der Waals surface area contributed by atoms with E-state index in [0.29, 0.717) is 17.9 Å². The minimum atomic E-state index is 0.414. The van der Waals surface area contributed by atoms with E-state index in [1.807, 2.05) is 4.52 Å². The highest BCUT2D eigenvalue weighted by atomic mass is 15.3. The van der Waals surface area contributed by atoms with Crippen molar-refractivity contribution in [1.29, 1.82) is 0 Å². The van der Waals surface area contributed by atoms with Gasteiger partial charge in [-0.15, -0.1) is 0 Å². The van der Waals surface area contributed by atoms with Gasteiger partial charge in [0.15, 0.2) is 5.65 Å². The van der Waals surface area contributed by atoms with Crippen LogP contribution in [0.3, 0.4) is 0 Å². The third kappa shape index (κ3) is 3.53. The van der Waals surface area contributed by atoms with Crippen LogP contribution in [0.1, 0.15) is 69.2 Å². The van der Waals surface area contributed by atoms with Crippen molar-refractivity contribution < 1.29 is 0 Å². The van der Waals surface area contributed by atoms with Crippen molar-refractivity contribution in [2.75, 3.05) is 13.1 Å². The lowest BCUT2D eigenvalue weighted by atomic mass is 9.87. The molecule has 1 aliphatic heterocycles. The molecular weight excluding hydrogens is 384 g/mol. The van der Waals surface area contributed by atoms with Crippen LogP contribution >= 0.6 is 0 Å². The van der Waals surface area contributed by atoms with Crippen LogP contribution in [0, 0.1) is 6.92 Å². The lowest BCUT2D eigenvalue weighted by Gasteiger charge is -2.34. The van der Waals surface area contributed by atoms with Crippen LogP contribution in [-0.4, -0.2) is 48.8 Å². The number of aromatic nitrogens is 5. The summed E-state index contributed by atoms with van der Waals surface area (Å²) in [5.41, 5.74) is 8.18. The Morgan fingerprint density at radius 2 is 1.84 bits per heavy atom. The first-order valence-corrected chi connectivity index (χ1v) is 11.5. The minimum absolute atomic E-state index is 0.414. The maximum absolute atomic E-state index is 4.81. The summed E-state index contributed by atoms with van der Waals surface area (Å²) in [4.78, 5) is 6.94. The molecule has 0 spiro atoms. The fourth-order valence-electron chi connectivity index (χ4n) is 5.07. The minimum Gasteiger partial charge on any atom is -0.301 e. The van der Waals surface area contributed by atoms with E-state index in [4.69, 9.17) is 5.10 Å². The van der Waals surface area contributed by atoms with Crippen LogP contribution in [0.4, 0.5) is 0 Å². The largest absolute Gasteiger partial charge is 0.301 e. The Kier molecular flexibility index (Phi) is 5.05. The highest BCUT2D eigenvalue weighted by Gasteiger charge is 2.26. The number of hydrogen-bond acceptors (Lipinski definition) is 4. The van der Waals surface area contributed by atoms with Gasteiger partial charge in [-0.05, 0) is 87.5 Å². The third-order valence-corrected chi connectivity index (χ3v) is 6.90. The van der Waals surface area contributed by atoms with Crippen molar-refractivity contribution in [2.45, 2.75) is 65.3 Å². The number of aryl methyl sites for hydroxylation is 1. The standard InChI is InChI=1S/C25H32N6/c1-15(2)20-11-22-23(28-29-24(22)18-6-8-30(9-7-18)16(3)4)12-21(20)19-10-17(5)25-26-14-27-31(25)13-19/h10-16,18H,6-9H2,1-5H3,(H,28,29). The topological polar surface area (TPSA) is 62.1 Å². The molecule has 0 atom stereocenters. The predicted octanol–water partition coefficient (Wildman–Crippen LogP) is 5.29. The molecule has 1 fully saturated rings. The summed E-state index contributed by atoms with van der Waals surface area (Å²) in [5, 5.41) is 13.8. The molecule has 0 saturated carbocycles. The van der Waals surface area contributed by atoms with Gasteiger partial charge in [0, 0.05) is 29.1 Å². The van der Waals surface area contributed by atoms with Crippen LogP contribution < -0.4 is 0 Å². The first-order chi connectivity index (χ1) is 14.9. The molecule has 1 aliphatic rings. The lowest BCUT2D eigenvalue weighted by molar-refractivity contribution is 0.171. The average Bonchev–Trinajstić information content (AvgIpc) is 3.39. The molecule has 3 aromatic heterocycles. The van der Waals surface area contributed by atoms with Crippen molar-refractivity contribution in [1.82, 2.24) is 29.7 Å². The Labute approximate surface area is 183 Å². The van der Waals surface area contributed by atoms with Crippen molar-refractivity contribution in [3.63, 3.8) is 0 Å². The van der Waals surface area contributed by atoms with Gasteiger partial charge in [0.1, 0.15) is 6.33 Å². The second-order valence-electron chi connectivity index (χ2n) is 9.59. The SMILES string of the molecule is Cc1cc(-c2cc3[nH]nc(C4CCN(C(C)C)CC4)c3cc2C(C)C)cn2ncnc12. The Hall–Kier alpha value is -2.73. The molecule has 1 saturated heterocycles. The Morgan fingerprint density at radius 3 is 2.55 bits per heavy atom.